The fraction of sp³-hybridized carbons (Fsp3) is 0. The van der Waals surface area contributed by atoms with Crippen LogP contribution < -0.4 is 9.47 Å². The first kappa shape index (κ1) is 32.8. The zero-order valence-corrected chi connectivity index (χ0v) is 30.0. The lowest BCUT2D eigenvalue weighted by Crippen LogP contribution is -2.02. The van der Waals surface area contributed by atoms with Crippen LogP contribution >= 0.6 is 0 Å². The van der Waals surface area contributed by atoms with Crippen LogP contribution in [0.15, 0.2) is 188 Å². The van der Waals surface area contributed by atoms with E-state index in [1.165, 1.54) is 0 Å². The molecule has 0 fully saturated rings. The van der Waals surface area contributed by atoms with Crippen molar-refractivity contribution in [3.05, 3.63) is 188 Å². The lowest BCUT2D eigenvalue weighted by atomic mass is 9.99. The Morgan fingerprint density at radius 3 is 1.23 bits per heavy atom. The molecule has 0 saturated heterocycles. The summed E-state index contributed by atoms with van der Waals surface area (Å²) in [7, 11) is 0. The Bertz CT molecular complexity index is 2810. The topological polar surface area (TPSA) is 82.9 Å². The summed E-state index contributed by atoms with van der Waals surface area (Å²) in [6.45, 7) is 0. The largest absolute Gasteiger partial charge is 0.450 e. The Balaban J connectivity index is 1.04. The van der Waals surface area contributed by atoms with Crippen LogP contribution in [0.5, 0.6) is 23.0 Å². The van der Waals surface area contributed by atoms with Crippen molar-refractivity contribution in [2.45, 2.75) is 0 Å². The molecule has 7 aromatic carbocycles. The lowest BCUT2D eigenvalue weighted by molar-refractivity contribution is 0.360. The monoisotopic (exact) mass is 721 g/mol. The van der Waals surface area contributed by atoms with Crippen molar-refractivity contribution in [2.75, 3.05) is 0 Å². The highest BCUT2D eigenvalue weighted by atomic mass is 16.6. The smallest absolute Gasteiger partial charge is 0.170 e. The zero-order chi connectivity index (χ0) is 37.3. The van der Waals surface area contributed by atoms with Crippen molar-refractivity contribution in [3.63, 3.8) is 0 Å². The first-order valence-corrected chi connectivity index (χ1v) is 18.3. The molecule has 7 nitrogen and oxygen atoms in total. The number of hydrogen-bond acceptors (Lipinski definition) is 7. The van der Waals surface area contributed by atoms with Crippen LogP contribution in [0.25, 0.3) is 79.2 Å². The van der Waals surface area contributed by atoms with Gasteiger partial charge in [0.2, 0.25) is 0 Å². The summed E-state index contributed by atoms with van der Waals surface area (Å²) in [5.74, 6) is 4.91. The van der Waals surface area contributed by atoms with E-state index in [1.54, 1.807) is 0 Å². The van der Waals surface area contributed by atoms with E-state index in [0.29, 0.717) is 46.3 Å². The molecule has 0 spiro atoms. The number of rotatable bonds is 7. The Kier molecular flexibility index (Phi) is 8.35. The lowest BCUT2D eigenvalue weighted by Gasteiger charge is -2.20. The normalized spacial score (nSPS) is 11.5. The van der Waals surface area contributed by atoms with Gasteiger partial charge in [0.05, 0.1) is 11.4 Å². The summed E-state index contributed by atoms with van der Waals surface area (Å²) in [6, 6.07) is 62.5. The molecule has 1 aliphatic heterocycles. The Morgan fingerprint density at radius 1 is 0.232 bits per heavy atom. The molecule has 0 aliphatic carbocycles. The van der Waals surface area contributed by atoms with Crippen LogP contribution in [0.1, 0.15) is 0 Å². The van der Waals surface area contributed by atoms with Crippen LogP contribution in [-0.2, 0) is 0 Å². The predicted octanol–water partition coefficient (Wildman–Crippen LogP) is 12.2. The number of nitrogens with zero attached hydrogens (tertiary/aromatic N) is 5. The van der Waals surface area contributed by atoms with E-state index in [2.05, 4.69) is 54.6 Å². The molecule has 3 heterocycles. The first-order valence-electron chi connectivity index (χ1n) is 18.3. The minimum atomic E-state index is 0.527. The summed E-state index contributed by atoms with van der Waals surface area (Å²) < 4.78 is 12.3. The Morgan fingerprint density at radius 2 is 0.625 bits per heavy atom. The number of para-hydroxylation sites is 2. The Hall–Kier alpha value is -7.77. The summed E-state index contributed by atoms with van der Waals surface area (Å²) in [5, 5.41) is 0. The van der Waals surface area contributed by atoms with Gasteiger partial charge in [0.15, 0.2) is 46.3 Å². The highest BCUT2D eigenvalue weighted by Crippen LogP contribution is 2.46. The zero-order valence-electron chi connectivity index (χ0n) is 30.0. The second-order valence-corrected chi connectivity index (χ2v) is 13.3. The summed E-state index contributed by atoms with van der Waals surface area (Å²) in [4.78, 5) is 25.0. The average molecular weight is 722 g/mol. The number of fused-ring (bicyclic) bond motifs is 2. The number of hydrogen-bond donors (Lipinski definition) is 0. The molecule has 0 saturated carbocycles. The van der Waals surface area contributed by atoms with Crippen LogP contribution in [0, 0.1) is 0 Å². The van der Waals surface area contributed by atoms with Crippen molar-refractivity contribution < 1.29 is 9.47 Å². The van der Waals surface area contributed by atoms with Gasteiger partial charge in [-0.25, -0.2) is 24.9 Å². The first-order chi connectivity index (χ1) is 27.7. The van der Waals surface area contributed by atoms with Gasteiger partial charge in [-0.1, -0.05) is 140 Å². The molecule has 264 valence electrons. The maximum absolute atomic E-state index is 6.23. The molecule has 56 heavy (non-hydrogen) atoms. The van der Waals surface area contributed by atoms with Gasteiger partial charge in [-0.2, -0.15) is 0 Å². The standard InChI is InChI=1S/C49H31N5O2/c1-4-14-32(15-5-1)40-31-41(51-46(50-40)33-16-6-2-7-17-33)37-22-12-20-35(28-37)36-21-13-23-38(29-36)48-52-47(34-18-8-3-9-19-34)53-49(54-48)39-26-27-44-45(30-39)56-43-25-11-10-24-42(43)55-44/h1-31H. The third-order valence-corrected chi connectivity index (χ3v) is 9.60. The minimum absolute atomic E-state index is 0.527. The van der Waals surface area contributed by atoms with E-state index in [9.17, 15) is 0 Å². The molecule has 2 aromatic heterocycles. The molecule has 0 bridgehead atoms. The minimum Gasteiger partial charge on any atom is -0.450 e. The van der Waals surface area contributed by atoms with Gasteiger partial charge in [-0.05, 0) is 59.7 Å². The maximum Gasteiger partial charge on any atom is 0.170 e. The summed E-state index contributed by atoms with van der Waals surface area (Å²) in [5.41, 5.74) is 9.28. The van der Waals surface area contributed by atoms with Gasteiger partial charge in [0, 0.05) is 33.4 Å². The second kappa shape index (κ2) is 14.2. The summed E-state index contributed by atoms with van der Waals surface area (Å²) in [6.07, 6.45) is 0. The number of benzene rings is 7. The quantitative estimate of drug-likeness (QED) is 0.162. The van der Waals surface area contributed by atoms with Gasteiger partial charge in [-0.3, -0.25) is 0 Å². The van der Waals surface area contributed by atoms with E-state index in [-0.39, 0.29) is 0 Å². The molecular formula is C49H31N5O2. The highest BCUT2D eigenvalue weighted by molar-refractivity contribution is 5.78. The van der Waals surface area contributed by atoms with Crippen molar-refractivity contribution in [1.82, 2.24) is 24.9 Å². The average Bonchev–Trinajstić information content (AvgIpc) is 3.29. The van der Waals surface area contributed by atoms with E-state index in [1.807, 2.05) is 133 Å². The molecule has 0 unspecified atom stereocenters. The third-order valence-electron chi connectivity index (χ3n) is 9.60. The molecule has 0 radical (unpaired) electrons. The number of ether oxygens (including phenoxy) is 2. The molecule has 7 heteroatoms. The SMILES string of the molecule is c1ccc(-c2cc(-c3cccc(-c4cccc(-c5nc(-c6ccccc6)nc(-c6ccc7c(c6)Oc6ccccc6O7)n5)c4)c3)nc(-c3ccccc3)n2)cc1. The second-order valence-electron chi connectivity index (χ2n) is 13.3. The van der Waals surface area contributed by atoms with E-state index < -0.39 is 0 Å². The van der Waals surface area contributed by atoms with Crippen molar-refractivity contribution >= 4 is 0 Å². The van der Waals surface area contributed by atoms with Gasteiger partial charge < -0.3 is 9.47 Å². The van der Waals surface area contributed by atoms with Crippen LogP contribution in [0.4, 0.5) is 0 Å². The molecule has 0 amide bonds. The number of aromatic nitrogens is 5. The van der Waals surface area contributed by atoms with Crippen molar-refractivity contribution in [3.8, 4) is 102 Å². The van der Waals surface area contributed by atoms with Gasteiger partial charge >= 0.3 is 0 Å². The predicted molar refractivity (Wildman–Crippen MR) is 220 cm³/mol. The maximum atomic E-state index is 6.23. The molecule has 9 aromatic rings. The Labute approximate surface area is 323 Å². The molecule has 10 rings (SSSR count). The molecule has 0 atom stereocenters. The van der Waals surface area contributed by atoms with E-state index in [4.69, 9.17) is 34.4 Å². The van der Waals surface area contributed by atoms with Gasteiger partial charge in [0.25, 0.3) is 0 Å². The van der Waals surface area contributed by atoms with Crippen LogP contribution in [0.3, 0.4) is 0 Å². The third kappa shape index (κ3) is 6.54. The molecule has 1 aliphatic rings. The van der Waals surface area contributed by atoms with Gasteiger partial charge in [-0.15, -0.1) is 0 Å². The fourth-order valence-corrected chi connectivity index (χ4v) is 6.78. The van der Waals surface area contributed by atoms with Gasteiger partial charge in [0.1, 0.15) is 0 Å². The van der Waals surface area contributed by atoms with Crippen molar-refractivity contribution in [1.29, 1.82) is 0 Å². The van der Waals surface area contributed by atoms with E-state index >= 15 is 0 Å². The molecular weight excluding hydrogens is 691 g/mol. The highest BCUT2D eigenvalue weighted by Gasteiger charge is 2.21. The molecule has 0 N–H and O–H groups in total. The van der Waals surface area contributed by atoms with Crippen LogP contribution in [0.2, 0.25) is 0 Å². The fourth-order valence-electron chi connectivity index (χ4n) is 6.78. The summed E-state index contributed by atoms with van der Waals surface area (Å²) >= 11 is 0. The van der Waals surface area contributed by atoms with Crippen molar-refractivity contribution in [2.24, 2.45) is 0 Å². The van der Waals surface area contributed by atoms with Crippen LogP contribution in [-0.4, -0.2) is 24.9 Å². The van der Waals surface area contributed by atoms with E-state index in [0.717, 1.165) is 55.9 Å².